The summed E-state index contributed by atoms with van der Waals surface area (Å²) in [6, 6.07) is 0.709. The molecule has 7 heteroatoms. The number of halogens is 4. The summed E-state index contributed by atoms with van der Waals surface area (Å²) in [4.78, 5) is 11.1. The van der Waals surface area contributed by atoms with E-state index in [0.717, 1.165) is 12.1 Å². The van der Waals surface area contributed by atoms with Gasteiger partial charge in [-0.2, -0.15) is 0 Å². The summed E-state index contributed by atoms with van der Waals surface area (Å²) in [5.74, 6) is -4.89. The van der Waals surface area contributed by atoms with Crippen molar-refractivity contribution in [3.05, 3.63) is 35.1 Å². The van der Waals surface area contributed by atoms with Crippen LogP contribution in [0.1, 0.15) is 24.9 Å². The molecule has 0 heterocycles. The van der Waals surface area contributed by atoms with Crippen molar-refractivity contribution in [1.82, 2.24) is 0 Å². The van der Waals surface area contributed by atoms with Crippen LogP contribution in [0.4, 0.5) is 13.2 Å². The minimum atomic E-state index is -1.60. The molecule has 0 amide bonds. The lowest BCUT2D eigenvalue weighted by Crippen LogP contribution is -2.19. The second kappa shape index (κ2) is 7.23. The predicted octanol–water partition coefficient (Wildman–Crippen LogP) is 2.48. The molecule has 18 heavy (non-hydrogen) atoms. The van der Waals surface area contributed by atoms with Gasteiger partial charge in [0.15, 0.2) is 17.5 Å². The fourth-order valence-corrected chi connectivity index (χ4v) is 1.34. The lowest BCUT2D eigenvalue weighted by atomic mass is 10.0. The van der Waals surface area contributed by atoms with Gasteiger partial charge in [-0.05, 0) is 13.0 Å². The van der Waals surface area contributed by atoms with Crippen LogP contribution in [0.25, 0.3) is 0 Å². The number of carbonyl (C=O) groups is 1. The molecule has 0 saturated carbocycles. The van der Waals surface area contributed by atoms with Crippen molar-refractivity contribution in [1.29, 1.82) is 0 Å². The molecule has 0 unspecified atom stereocenters. The molecule has 0 aliphatic carbocycles. The Morgan fingerprint density at radius 2 is 1.94 bits per heavy atom. The van der Waals surface area contributed by atoms with Crippen molar-refractivity contribution in [3.63, 3.8) is 0 Å². The molecule has 102 valence electrons. The maximum absolute atomic E-state index is 13.3. The molecule has 0 radical (unpaired) electrons. The highest BCUT2D eigenvalue weighted by atomic mass is 35.5. The third-order valence-corrected chi connectivity index (χ3v) is 2.16. The predicted molar refractivity (Wildman–Crippen MR) is 61.7 cm³/mol. The minimum Gasteiger partial charge on any atom is -0.466 e. The van der Waals surface area contributed by atoms with E-state index in [4.69, 9.17) is 5.73 Å². The molecule has 1 rings (SSSR count). The second-order valence-electron chi connectivity index (χ2n) is 3.38. The van der Waals surface area contributed by atoms with Crippen molar-refractivity contribution in [2.75, 3.05) is 6.61 Å². The van der Waals surface area contributed by atoms with Crippen LogP contribution >= 0.6 is 12.4 Å². The Morgan fingerprint density at radius 3 is 2.50 bits per heavy atom. The number of ether oxygens (including phenoxy) is 1. The Balaban J connectivity index is 0.00000289. The quantitative estimate of drug-likeness (QED) is 0.682. The Bertz CT molecular complexity index is 429. The molecule has 0 aliphatic heterocycles. The van der Waals surface area contributed by atoms with Crippen molar-refractivity contribution in [3.8, 4) is 0 Å². The number of rotatable bonds is 4. The molecule has 1 aromatic carbocycles. The SMILES string of the molecule is CCOC(=O)C[C@@H](N)c1ccc(F)c(F)c1F.Cl. The van der Waals surface area contributed by atoms with Gasteiger partial charge in [-0.15, -0.1) is 12.4 Å². The third kappa shape index (κ3) is 3.89. The Labute approximate surface area is 109 Å². The number of esters is 1. The molecule has 0 aromatic heterocycles. The number of hydrogen-bond acceptors (Lipinski definition) is 3. The van der Waals surface area contributed by atoms with E-state index in [2.05, 4.69) is 4.74 Å². The molecular formula is C11H13ClF3NO2. The van der Waals surface area contributed by atoms with Gasteiger partial charge in [0.25, 0.3) is 0 Å². The van der Waals surface area contributed by atoms with Crippen molar-refractivity contribution >= 4 is 18.4 Å². The van der Waals surface area contributed by atoms with Crippen LogP contribution in [0.3, 0.4) is 0 Å². The summed E-state index contributed by atoms with van der Waals surface area (Å²) in [5, 5.41) is 0. The van der Waals surface area contributed by atoms with Gasteiger partial charge >= 0.3 is 5.97 Å². The van der Waals surface area contributed by atoms with Gasteiger partial charge < -0.3 is 10.5 Å². The van der Waals surface area contributed by atoms with Crippen LogP contribution in [0.15, 0.2) is 12.1 Å². The Hall–Kier alpha value is -1.27. The summed E-state index contributed by atoms with van der Waals surface area (Å²) >= 11 is 0. The summed E-state index contributed by atoms with van der Waals surface area (Å²) < 4.78 is 43.5. The van der Waals surface area contributed by atoms with Gasteiger partial charge in [-0.3, -0.25) is 4.79 Å². The molecule has 1 atom stereocenters. The van der Waals surface area contributed by atoms with Gasteiger partial charge in [0.2, 0.25) is 0 Å². The normalized spacial score (nSPS) is 11.6. The Kier molecular flexibility index (Phi) is 6.72. The minimum absolute atomic E-state index is 0. The van der Waals surface area contributed by atoms with Crippen LogP contribution in [0.5, 0.6) is 0 Å². The summed E-state index contributed by atoms with van der Waals surface area (Å²) in [7, 11) is 0. The largest absolute Gasteiger partial charge is 0.466 e. The maximum atomic E-state index is 13.3. The van der Waals surface area contributed by atoms with E-state index < -0.39 is 29.5 Å². The fraction of sp³-hybridized carbons (Fsp3) is 0.364. The smallest absolute Gasteiger partial charge is 0.307 e. The highest BCUT2D eigenvalue weighted by Crippen LogP contribution is 2.22. The summed E-state index contributed by atoms with van der Waals surface area (Å²) in [6.45, 7) is 1.79. The summed E-state index contributed by atoms with van der Waals surface area (Å²) in [5.41, 5.74) is 5.26. The highest BCUT2D eigenvalue weighted by molar-refractivity contribution is 5.85. The lowest BCUT2D eigenvalue weighted by Gasteiger charge is -2.12. The number of benzene rings is 1. The Morgan fingerprint density at radius 1 is 1.33 bits per heavy atom. The van der Waals surface area contributed by atoms with Gasteiger partial charge in [0.1, 0.15) is 0 Å². The first-order valence-electron chi connectivity index (χ1n) is 5.02. The molecule has 2 N–H and O–H groups in total. The lowest BCUT2D eigenvalue weighted by molar-refractivity contribution is -0.143. The van der Waals surface area contributed by atoms with E-state index in [9.17, 15) is 18.0 Å². The van der Waals surface area contributed by atoms with Crippen molar-refractivity contribution in [2.24, 2.45) is 5.73 Å². The monoisotopic (exact) mass is 283 g/mol. The summed E-state index contributed by atoms with van der Waals surface area (Å²) in [6.07, 6.45) is -0.296. The van der Waals surface area contributed by atoms with E-state index >= 15 is 0 Å². The van der Waals surface area contributed by atoms with E-state index in [-0.39, 0.29) is 31.0 Å². The molecule has 0 spiro atoms. The van der Waals surface area contributed by atoms with E-state index in [1.807, 2.05) is 0 Å². The van der Waals surface area contributed by atoms with E-state index in [1.165, 1.54) is 0 Å². The molecule has 1 aromatic rings. The average molecular weight is 284 g/mol. The first kappa shape index (κ1) is 16.7. The first-order valence-corrected chi connectivity index (χ1v) is 5.02. The zero-order valence-electron chi connectivity index (χ0n) is 9.58. The fourth-order valence-electron chi connectivity index (χ4n) is 1.34. The first-order chi connectivity index (χ1) is 7.97. The van der Waals surface area contributed by atoms with Crippen LogP contribution in [0, 0.1) is 17.5 Å². The average Bonchev–Trinajstić information content (AvgIpc) is 2.26. The van der Waals surface area contributed by atoms with Gasteiger partial charge in [0.05, 0.1) is 13.0 Å². The van der Waals surface area contributed by atoms with Crippen molar-refractivity contribution in [2.45, 2.75) is 19.4 Å². The molecule has 3 nitrogen and oxygen atoms in total. The zero-order valence-corrected chi connectivity index (χ0v) is 10.4. The maximum Gasteiger partial charge on any atom is 0.307 e. The molecule has 0 aliphatic rings. The highest BCUT2D eigenvalue weighted by Gasteiger charge is 2.20. The van der Waals surface area contributed by atoms with Gasteiger partial charge in [-0.1, -0.05) is 6.07 Å². The molecule has 0 fully saturated rings. The van der Waals surface area contributed by atoms with Gasteiger partial charge in [0, 0.05) is 11.6 Å². The van der Waals surface area contributed by atoms with Crippen LogP contribution < -0.4 is 5.73 Å². The van der Waals surface area contributed by atoms with Crippen LogP contribution in [0.2, 0.25) is 0 Å². The van der Waals surface area contributed by atoms with E-state index in [0.29, 0.717) is 0 Å². The number of nitrogens with two attached hydrogens (primary N) is 1. The standard InChI is InChI=1S/C11H12F3NO2.ClH/c1-2-17-9(16)5-8(15)6-3-4-7(12)11(14)10(6)13;/h3-4,8H,2,5,15H2,1H3;1H/t8-;/m1./s1. The number of carbonyl (C=O) groups excluding carboxylic acids is 1. The molecular weight excluding hydrogens is 271 g/mol. The molecule has 0 saturated heterocycles. The van der Waals surface area contributed by atoms with Gasteiger partial charge in [-0.25, -0.2) is 13.2 Å². The number of hydrogen-bond donors (Lipinski definition) is 1. The van der Waals surface area contributed by atoms with Crippen LogP contribution in [-0.2, 0) is 9.53 Å². The molecule has 0 bridgehead atoms. The van der Waals surface area contributed by atoms with Crippen LogP contribution in [-0.4, -0.2) is 12.6 Å². The second-order valence-corrected chi connectivity index (χ2v) is 3.38. The third-order valence-electron chi connectivity index (χ3n) is 2.16. The van der Waals surface area contributed by atoms with Crippen molar-refractivity contribution < 1.29 is 22.7 Å². The van der Waals surface area contributed by atoms with E-state index in [1.54, 1.807) is 6.92 Å². The topological polar surface area (TPSA) is 52.3 Å². The zero-order chi connectivity index (χ0) is 13.0.